The van der Waals surface area contributed by atoms with Gasteiger partial charge in [0.25, 0.3) is 0 Å². The second kappa shape index (κ2) is 6.66. The molecule has 0 saturated heterocycles. The van der Waals surface area contributed by atoms with E-state index in [9.17, 15) is 5.11 Å². The first-order valence-corrected chi connectivity index (χ1v) is 8.70. The van der Waals surface area contributed by atoms with Crippen LogP contribution in [-0.2, 0) is 30.9 Å². The highest BCUT2D eigenvalue weighted by atomic mass is 16.5. The molecule has 0 unspecified atom stereocenters. The Morgan fingerprint density at radius 2 is 2.25 bits per heavy atom. The lowest BCUT2D eigenvalue weighted by atomic mass is 10.1. The van der Waals surface area contributed by atoms with Crippen molar-refractivity contribution in [2.24, 2.45) is 5.92 Å². The van der Waals surface area contributed by atoms with Gasteiger partial charge < -0.3 is 14.4 Å². The smallest absolute Gasteiger partial charge is 0.122 e. The van der Waals surface area contributed by atoms with E-state index < -0.39 is 0 Å². The summed E-state index contributed by atoms with van der Waals surface area (Å²) in [6, 6.07) is 2.08. The van der Waals surface area contributed by atoms with Crippen molar-refractivity contribution in [3.8, 4) is 0 Å². The van der Waals surface area contributed by atoms with Gasteiger partial charge in [0.15, 0.2) is 0 Å². The van der Waals surface area contributed by atoms with Gasteiger partial charge in [0.1, 0.15) is 11.9 Å². The predicted octanol–water partition coefficient (Wildman–Crippen LogP) is 1.19. The minimum atomic E-state index is -0.385. The van der Waals surface area contributed by atoms with Crippen molar-refractivity contribution in [3.63, 3.8) is 0 Å². The molecule has 130 valence electrons. The second-order valence-corrected chi connectivity index (χ2v) is 6.81. The number of methoxy groups -OCH3 is 1. The number of nitrogens with zero attached hydrogens (tertiary/aromatic N) is 5. The van der Waals surface area contributed by atoms with Gasteiger partial charge >= 0.3 is 0 Å². The van der Waals surface area contributed by atoms with Crippen LogP contribution in [0.15, 0.2) is 18.5 Å². The first kappa shape index (κ1) is 15.8. The maximum absolute atomic E-state index is 10.3. The molecule has 0 radical (unpaired) electrons. The van der Waals surface area contributed by atoms with Gasteiger partial charge in [0.2, 0.25) is 0 Å². The fourth-order valence-electron chi connectivity index (χ4n) is 3.36. The molecule has 0 bridgehead atoms. The van der Waals surface area contributed by atoms with Crippen molar-refractivity contribution in [1.29, 1.82) is 0 Å². The van der Waals surface area contributed by atoms with Gasteiger partial charge in [-0.05, 0) is 24.8 Å². The minimum Gasteiger partial charge on any atom is -0.386 e. The summed E-state index contributed by atoms with van der Waals surface area (Å²) in [7, 11) is 1.72. The number of aromatic nitrogens is 4. The van der Waals surface area contributed by atoms with Crippen LogP contribution in [0.4, 0.5) is 0 Å². The number of aliphatic hydroxyl groups is 1. The molecule has 1 fully saturated rings. The standard InChI is InChI=1S/C17H25N5O2/c1-24-9-8-21-5-4-18-16(21)12-20-6-7-22-14(11-20)10-15(19-22)17(23)13-2-3-13/h4-5,10,13,17,23H,2-3,6-9,11-12H2,1H3/t17-/m0/s1. The Morgan fingerprint density at radius 3 is 3.04 bits per heavy atom. The number of imidazole rings is 1. The molecule has 2 aliphatic rings. The maximum Gasteiger partial charge on any atom is 0.122 e. The van der Waals surface area contributed by atoms with Gasteiger partial charge in [-0.3, -0.25) is 9.58 Å². The van der Waals surface area contributed by atoms with E-state index in [0.717, 1.165) is 57.1 Å². The van der Waals surface area contributed by atoms with Crippen molar-refractivity contribution in [1.82, 2.24) is 24.2 Å². The van der Waals surface area contributed by atoms with E-state index in [1.165, 1.54) is 5.69 Å². The van der Waals surface area contributed by atoms with Crippen LogP contribution < -0.4 is 0 Å². The zero-order chi connectivity index (χ0) is 16.5. The lowest BCUT2D eigenvalue weighted by molar-refractivity contribution is 0.147. The van der Waals surface area contributed by atoms with Crippen molar-refractivity contribution in [2.75, 3.05) is 20.3 Å². The first-order valence-electron chi connectivity index (χ1n) is 8.70. The van der Waals surface area contributed by atoms with Crippen molar-refractivity contribution in [2.45, 2.75) is 45.1 Å². The fourth-order valence-corrected chi connectivity index (χ4v) is 3.36. The van der Waals surface area contributed by atoms with E-state index in [2.05, 4.69) is 30.3 Å². The van der Waals surface area contributed by atoms with Crippen molar-refractivity contribution >= 4 is 0 Å². The van der Waals surface area contributed by atoms with Gasteiger partial charge in [-0.1, -0.05) is 0 Å². The molecule has 4 rings (SSSR count). The summed E-state index contributed by atoms with van der Waals surface area (Å²) in [5, 5.41) is 14.9. The number of hydrogen-bond acceptors (Lipinski definition) is 5. The lowest BCUT2D eigenvalue weighted by Gasteiger charge is -2.27. The topological polar surface area (TPSA) is 68.3 Å². The Morgan fingerprint density at radius 1 is 1.38 bits per heavy atom. The van der Waals surface area contributed by atoms with Crippen molar-refractivity contribution in [3.05, 3.63) is 35.7 Å². The quantitative estimate of drug-likeness (QED) is 0.825. The van der Waals surface area contributed by atoms with E-state index in [1.807, 2.05) is 12.4 Å². The highest BCUT2D eigenvalue weighted by Gasteiger charge is 2.33. The summed E-state index contributed by atoms with van der Waals surface area (Å²) in [5.74, 6) is 1.49. The summed E-state index contributed by atoms with van der Waals surface area (Å²) in [6.07, 6.45) is 5.72. The first-order chi connectivity index (χ1) is 11.7. The molecule has 3 heterocycles. The van der Waals surface area contributed by atoms with Crippen LogP contribution in [0.2, 0.25) is 0 Å². The monoisotopic (exact) mass is 331 g/mol. The molecule has 1 aliphatic heterocycles. The van der Waals surface area contributed by atoms with Crippen LogP contribution in [0.1, 0.15) is 36.2 Å². The summed E-state index contributed by atoms with van der Waals surface area (Å²) in [4.78, 5) is 6.87. The zero-order valence-electron chi connectivity index (χ0n) is 14.1. The molecule has 1 saturated carbocycles. The molecule has 24 heavy (non-hydrogen) atoms. The Labute approximate surface area is 141 Å². The van der Waals surface area contributed by atoms with E-state index in [-0.39, 0.29) is 6.10 Å². The third-order valence-corrected chi connectivity index (χ3v) is 4.97. The molecule has 1 atom stereocenters. The van der Waals surface area contributed by atoms with Crippen LogP contribution >= 0.6 is 0 Å². The predicted molar refractivity (Wildman–Crippen MR) is 88.1 cm³/mol. The van der Waals surface area contributed by atoms with E-state index in [4.69, 9.17) is 4.74 Å². The SMILES string of the molecule is COCCn1ccnc1CN1CCn2nc([C@@H](O)C3CC3)cc2C1. The van der Waals surface area contributed by atoms with Crippen molar-refractivity contribution < 1.29 is 9.84 Å². The van der Waals surface area contributed by atoms with Gasteiger partial charge in [-0.15, -0.1) is 0 Å². The summed E-state index contributed by atoms with van der Waals surface area (Å²) < 4.78 is 9.36. The minimum absolute atomic E-state index is 0.385. The number of fused-ring (bicyclic) bond motifs is 1. The third-order valence-electron chi connectivity index (χ3n) is 4.97. The van der Waals surface area contributed by atoms with E-state index >= 15 is 0 Å². The molecule has 1 aliphatic carbocycles. The van der Waals surface area contributed by atoms with E-state index in [1.54, 1.807) is 7.11 Å². The van der Waals surface area contributed by atoms with Crippen LogP contribution in [0, 0.1) is 5.92 Å². The molecular formula is C17H25N5O2. The number of aliphatic hydroxyl groups excluding tert-OH is 1. The largest absolute Gasteiger partial charge is 0.386 e. The normalized spacial score (nSPS) is 19.4. The summed E-state index contributed by atoms with van der Waals surface area (Å²) in [6.45, 7) is 5.01. The summed E-state index contributed by atoms with van der Waals surface area (Å²) >= 11 is 0. The average molecular weight is 331 g/mol. The van der Waals surface area contributed by atoms with Gasteiger partial charge in [0.05, 0.1) is 31.1 Å². The molecule has 0 aromatic carbocycles. The summed E-state index contributed by atoms with van der Waals surface area (Å²) in [5.41, 5.74) is 2.03. The Balaban J connectivity index is 1.42. The molecule has 2 aromatic rings. The number of ether oxygens (including phenoxy) is 1. The number of rotatable bonds is 7. The van der Waals surface area contributed by atoms with Gasteiger partial charge in [-0.25, -0.2) is 4.98 Å². The molecule has 2 aromatic heterocycles. The van der Waals surface area contributed by atoms with Crippen LogP contribution in [0.5, 0.6) is 0 Å². The van der Waals surface area contributed by atoms with Crippen LogP contribution in [-0.4, -0.2) is 49.6 Å². The third kappa shape index (κ3) is 3.24. The molecule has 0 amide bonds. The number of hydrogen-bond donors (Lipinski definition) is 1. The average Bonchev–Trinajstić information content (AvgIpc) is 3.21. The maximum atomic E-state index is 10.3. The molecule has 7 nitrogen and oxygen atoms in total. The Bertz CT molecular complexity index is 691. The second-order valence-electron chi connectivity index (χ2n) is 6.81. The zero-order valence-corrected chi connectivity index (χ0v) is 14.1. The highest BCUT2D eigenvalue weighted by Crippen LogP contribution is 2.40. The highest BCUT2D eigenvalue weighted by molar-refractivity contribution is 5.16. The van der Waals surface area contributed by atoms with E-state index in [0.29, 0.717) is 12.5 Å². The molecule has 0 spiro atoms. The van der Waals surface area contributed by atoms with Crippen LogP contribution in [0.3, 0.4) is 0 Å². The van der Waals surface area contributed by atoms with Gasteiger partial charge in [0, 0.05) is 39.1 Å². The lowest BCUT2D eigenvalue weighted by Crippen LogP contribution is -2.34. The Hall–Kier alpha value is -1.70. The molecule has 1 N–H and O–H groups in total. The fraction of sp³-hybridized carbons (Fsp3) is 0.647. The van der Waals surface area contributed by atoms with Gasteiger partial charge in [-0.2, -0.15) is 5.10 Å². The molecule has 7 heteroatoms. The van der Waals surface area contributed by atoms with Crippen LogP contribution in [0.25, 0.3) is 0 Å². The Kier molecular flexibility index (Phi) is 4.39. The molecular weight excluding hydrogens is 306 g/mol.